The van der Waals surface area contributed by atoms with Gasteiger partial charge in [0.2, 0.25) is 0 Å². The monoisotopic (exact) mass is 249 g/mol. The molecule has 1 aromatic carbocycles. The summed E-state index contributed by atoms with van der Waals surface area (Å²) in [5.74, 6) is 0.664. The third-order valence-corrected chi connectivity index (χ3v) is 3.00. The molecule has 18 heavy (non-hydrogen) atoms. The van der Waals surface area contributed by atoms with Crippen LogP contribution in [0.3, 0.4) is 0 Å². The molecule has 1 amide bonds. The van der Waals surface area contributed by atoms with Crippen molar-refractivity contribution < 1.29 is 14.3 Å². The molecule has 98 valence electrons. The van der Waals surface area contributed by atoms with E-state index in [2.05, 4.69) is 0 Å². The first-order valence-electron chi connectivity index (χ1n) is 6.39. The number of nitrogens with zero attached hydrogens (tertiary/aromatic N) is 1. The zero-order valence-corrected chi connectivity index (χ0v) is 10.9. The van der Waals surface area contributed by atoms with Gasteiger partial charge in [0, 0.05) is 13.1 Å². The van der Waals surface area contributed by atoms with Gasteiger partial charge in [-0.2, -0.15) is 0 Å². The van der Waals surface area contributed by atoms with E-state index in [0.717, 1.165) is 6.61 Å². The second-order valence-corrected chi connectivity index (χ2v) is 4.24. The Morgan fingerprint density at radius 3 is 2.67 bits per heavy atom. The molecular weight excluding hydrogens is 230 g/mol. The van der Waals surface area contributed by atoms with Crippen molar-refractivity contribution in [3.63, 3.8) is 0 Å². The average molecular weight is 249 g/mol. The third-order valence-electron chi connectivity index (χ3n) is 3.00. The van der Waals surface area contributed by atoms with Gasteiger partial charge in [-0.05, 0) is 26.0 Å². The van der Waals surface area contributed by atoms with Gasteiger partial charge in [-0.25, -0.2) is 0 Å². The second-order valence-electron chi connectivity index (χ2n) is 4.24. The predicted octanol–water partition coefficient (Wildman–Crippen LogP) is 1.95. The summed E-state index contributed by atoms with van der Waals surface area (Å²) in [6.45, 7) is 6.63. The number of epoxide rings is 1. The lowest BCUT2D eigenvalue weighted by Crippen LogP contribution is -2.30. The van der Waals surface area contributed by atoms with Crippen LogP contribution in [0.4, 0.5) is 0 Å². The summed E-state index contributed by atoms with van der Waals surface area (Å²) in [4.78, 5) is 14.1. The lowest BCUT2D eigenvalue weighted by atomic mass is 10.1. The molecule has 0 radical (unpaired) electrons. The number of amides is 1. The maximum Gasteiger partial charge on any atom is 0.257 e. The largest absolute Gasteiger partial charge is 0.490 e. The molecule has 0 saturated carbocycles. The topological polar surface area (TPSA) is 42.1 Å². The predicted molar refractivity (Wildman–Crippen MR) is 68.9 cm³/mol. The molecule has 4 nitrogen and oxygen atoms in total. The maximum absolute atomic E-state index is 12.3. The summed E-state index contributed by atoms with van der Waals surface area (Å²) in [6.07, 6.45) is 0.196. The van der Waals surface area contributed by atoms with E-state index in [1.807, 2.05) is 38.1 Å². The van der Waals surface area contributed by atoms with Gasteiger partial charge in [-0.15, -0.1) is 0 Å². The Kier molecular flexibility index (Phi) is 4.20. The van der Waals surface area contributed by atoms with Crippen molar-refractivity contribution in [2.45, 2.75) is 20.0 Å². The summed E-state index contributed by atoms with van der Waals surface area (Å²) < 4.78 is 10.7. The van der Waals surface area contributed by atoms with Crippen molar-refractivity contribution in [2.75, 3.05) is 26.3 Å². The number of hydrogen-bond acceptors (Lipinski definition) is 3. The summed E-state index contributed by atoms with van der Waals surface area (Å²) in [5.41, 5.74) is 0.627. The highest BCUT2D eigenvalue weighted by molar-refractivity contribution is 5.96. The molecule has 1 fully saturated rings. The lowest BCUT2D eigenvalue weighted by Gasteiger charge is -2.20. The first kappa shape index (κ1) is 12.9. The summed E-state index contributed by atoms with van der Waals surface area (Å²) in [5, 5.41) is 0. The molecule has 1 aliphatic heterocycles. The van der Waals surface area contributed by atoms with Crippen molar-refractivity contribution in [2.24, 2.45) is 0 Å². The molecule has 1 heterocycles. The molecule has 0 N–H and O–H groups in total. The van der Waals surface area contributed by atoms with E-state index in [4.69, 9.17) is 9.47 Å². The Hall–Kier alpha value is -1.55. The Morgan fingerprint density at radius 1 is 1.39 bits per heavy atom. The van der Waals surface area contributed by atoms with Gasteiger partial charge < -0.3 is 14.4 Å². The highest BCUT2D eigenvalue weighted by Crippen LogP contribution is 2.21. The molecule has 1 aliphatic rings. The minimum atomic E-state index is 0.0207. The third kappa shape index (κ3) is 3.01. The van der Waals surface area contributed by atoms with E-state index in [9.17, 15) is 4.79 Å². The highest BCUT2D eigenvalue weighted by atomic mass is 16.6. The summed E-state index contributed by atoms with van der Waals surface area (Å²) >= 11 is 0. The van der Waals surface area contributed by atoms with Crippen LogP contribution in [0.5, 0.6) is 5.75 Å². The Bertz CT molecular complexity index is 411. The van der Waals surface area contributed by atoms with E-state index in [0.29, 0.717) is 31.0 Å². The number of carbonyl (C=O) groups is 1. The highest BCUT2D eigenvalue weighted by Gasteiger charge is 2.24. The molecule has 1 saturated heterocycles. The molecule has 0 aromatic heterocycles. The van der Waals surface area contributed by atoms with E-state index in [1.165, 1.54) is 0 Å². The van der Waals surface area contributed by atoms with Crippen LogP contribution in [-0.4, -0.2) is 43.2 Å². The normalized spacial score (nSPS) is 17.3. The van der Waals surface area contributed by atoms with Crippen LogP contribution in [0, 0.1) is 0 Å². The quantitative estimate of drug-likeness (QED) is 0.724. The van der Waals surface area contributed by atoms with Crippen molar-refractivity contribution in [3.05, 3.63) is 29.8 Å². The van der Waals surface area contributed by atoms with Crippen molar-refractivity contribution >= 4 is 5.91 Å². The van der Waals surface area contributed by atoms with E-state index in [-0.39, 0.29) is 12.0 Å². The molecule has 0 spiro atoms. The van der Waals surface area contributed by atoms with Gasteiger partial charge in [-0.1, -0.05) is 12.1 Å². The maximum atomic E-state index is 12.3. The SMILES string of the molecule is CCN(CC)C(=O)c1ccccc1OCC1CO1. The van der Waals surface area contributed by atoms with Gasteiger partial charge in [-0.3, -0.25) is 4.79 Å². The number of benzene rings is 1. The Balaban J connectivity index is 2.11. The van der Waals surface area contributed by atoms with Crippen molar-refractivity contribution in [3.8, 4) is 5.75 Å². The zero-order valence-electron chi connectivity index (χ0n) is 10.9. The first-order chi connectivity index (χ1) is 8.76. The standard InChI is InChI=1S/C14H19NO3/c1-3-15(4-2)14(16)12-7-5-6-8-13(12)18-10-11-9-17-11/h5-8,11H,3-4,9-10H2,1-2H3. The molecular formula is C14H19NO3. The van der Waals surface area contributed by atoms with E-state index < -0.39 is 0 Å². The number of rotatable bonds is 6. The van der Waals surface area contributed by atoms with E-state index in [1.54, 1.807) is 4.90 Å². The van der Waals surface area contributed by atoms with Crippen molar-refractivity contribution in [1.82, 2.24) is 4.90 Å². The number of ether oxygens (including phenoxy) is 2. The molecule has 1 unspecified atom stereocenters. The van der Waals surface area contributed by atoms with Crippen LogP contribution in [0.15, 0.2) is 24.3 Å². The van der Waals surface area contributed by atoms with Crippen molar-refractivity contribution in [1.29, 1.82) is 0 Å². The lowest BCUT2D eigenvalue weighted by molar-refractivity contribution is 0.0768. The van der Waals surface area contributed by atoms with Crippen LogP contribution in [0.2, 0.25) is 0 Å². The van der Waals surface area contributed by atoms with Crippen LogP contribution in [0.25, 0.3) is 0 Å². The molecule has 0 aliphatic carbocycles. The fourth-order valence-electron chi connectivity index (χ4n) is 1.80. The second kappa shape index (κ2) is 5.87. The van der Waals surface area contributed by atoms with Crippen LogP contribution in [-0.2, 0) is 4.74 Å². The van der Waals surface area contributed by atoms with Crippen LogP contribution >= 0.6 is 0 Å². The molecule has 1 aromatic rings. The van der Waals surface area contributed by atoms with Gasteiger partial charge >= 0.3 is 0 Å². The fraction of sp³-hybridized carbons (Fsp3) is 0.500. The van der Waals surface area contributed by atoms with Gasteiger partial charge in [0.05, 0.1) is 12.2 Å². The van der Waals surface area contributed by atoms with Gasteiger partial charge in [0.25, 0.3) is 5.91 Å². The zero-order chi connectivity index (χ0) is 13.0. The van der Waals surface area contributed by atoms with Crippen LogP contribution < -0.4 is 4.74 Å². The number of hydrogen-bond donors (Lipinski definition) is 0. The number of carbonyl (C=O) groups excluding carboxylic acids is 1. The smallest absolute Gasteiger partial charge is 0.257 e. The molecule has 4 heteroatoms. The Morgan fingerprint density at radius 2 is 2.06 bits per heavy atom. The Labute approximate surface area is 107 Å². The van der Waals surface area contributed by atoms with Gasteiger partial charge in [0.1, 0.15) is 18.5 Å². The minimum Gasteiger partial charge on any atom is -0.490 e. The van der Waals surface area contributed by atoms with E-state index >= 15 is 0 Å². The van der Waals surface area contributed by atoms with Crippen LogP contribution in [0.1, 0.15) is 24.2 Å². The fourth-order valence-corrected chi connectivity index (χ4v) is 1.80. The average Bonchev–Trinajstić information content (AvgIpc) is 3.22. The van der Waals surface area contributed by atoms with Gasteiger partial charge in [0.15, 0.2) is 0 Å². The number of para-hydroxylation sites is 1. The minimum absolute atomic E-state index is 0.0207. The molecule has 0 bridgehead atoms. The summed E-state index contributed by atoms with van der Waals surface area (Å²) in [6, 6.07) is 7.38. The molecule has 2 rings (SSSR count). The summed E-state index contributed by atoms with van der Waals surface area (Å²) in [7, 11) is 0. The molecule has 1 atom stereocenters. The first-order valence-corrected chi connectivity index (χ1v) is 6.39.